The Kier molecular flexibility index (Phi) is 6.97. The molecule has 1 unspecified atom stereocenters. The molecule has 1 atom stereocenters. The summed E-state index contributed by atoms with van der Waals surface area (Å²) in [4.78, 5) is 6.08. The maximum absolute atomic E-state index is 5.15. The van der Waals surface area contributed by atoms with Crippen LogP contribution in [0.1, 0.15) is 55.1 Å². The number of unbranched alkanes of at least 4 members (excludes halogenated alkanes) is 2. The monoisotopic (exact) mass is 284 g/mol. The van der Waals surface area contributed by atoms with Crippen molar-refractivity contribution < 1.29 is 4.74 Å². The Bertz CT molecular complexity index is 347. The van der Waals surface area contributed by atoms with Gasteiger partial charge in [0.1, 0.15) is 5.01 Å². The van der Waals surface area contributed by atoms with Crippen LogP contribution in [0.25, 0.3) is 0 Å². The van der Waals surface area contributed by atoms with E-state index in [0.29, 0.717) is 0 Å². The Morgan fingerprint density at radius 1 is 1.32 bits per heavy atom. The van der Waals surface area contributed by atoms with Gasteiger partial charge in [0.2, 0.25) is 0 Å². The molecule has 1 aromatic heterocycles. The van der Waals surface area contributed by atoms with Crippen molar-refractivity contribution in [3.05, 3.63) is 15.6 Å². The van der Waals surface area contributed by atoms with Gasteiger partial charge in [-0.1, -0.05) is 26.2 Å². The maximum Gasteiger partial charge on any atom is 0.113 e. The molecular weight excluding hydrogens is 256 g/mol. The van der Waals surface area contributed by atoms with Gasteiger partial charge in [-0.3, -0.25) is 0 Å². The first kappa shape index (κ1) is 16.6. The van der Waals surface area contributed by atoms with E-state index < -0.39 is 0 Å². The minimum absolute atomic E-state index is 0.0165. The highest BCUT2D eigenvalue weighted by atomic mass is 32.1. The van der Waals surface area contributed by atoms with Crippen LogP contribution in [0.15, 0.2) is 0 Å². The molecule has 1 N–H and O–H groups in total. The SMILES string of the molecule is CCCCCC(C)(NCCOC)c1nc(C)c(C)s1. The molecule has 0 aliphatic rings. The van der Waals surface area contributed by atoms with E-state index >= 15 is 0 Å². The second-order valence-electron chi connectivity index (χ2n) is 5.37. The van der Waals surface area contributed by atoms with Crippen molar-refractivity contribution in [1.82, 2.24) is 10.3 Å². The number of aryl methyl sites for hydroxylation is 2. The Labute approximate surface area is 121 Å². The summed E-state index contributed by atoms with van der Waals surface area (Å²) < 4.78 is 5.15. The fourth-order valence-electron chi connectivity index (χ4n) is 2.14. The van der Waals surface area contributed by atoms with E-state index in [1.165, 1.54) is 29.1 Å². The predicted molar refractivity (Wildman–Crippen MR) is 83.0 cm³/mol. The summed E-state index contributed by atoms with van der Waals surface area (Å²) in [6.07, 6.45) is 4.91. The van der Waals surface area contributed by atoms with Gasteiger partial charge in [-0.25, -0.2) is 4.98 Å². The molecule has 0 fully saturated rings. The van der Waals surface area contributed by atoms with Crippen molar-refractivity contribution in [1.29, 1.82) is 0 Å². The number of nitrogens with zero attached hydrogens (tertiary/aromatic N) is 1. The molecule has 0 amide bonds. The van der Waals surface area contributed by atoms with Crippen LogP contribution in [0.2, 0.25) is 0 Å². The molecule has 19 heavy (non-hydrogen) atoms. The van der Waals surface area contributed by atoms with E-state index in [2.05, 4.69) is 33.0 Å². The number of thiazole rings is 1. The summed E-state index contributed by atoms with van der Waals surface area (Å²) in [6.45, 7) is 10.4. The van der Waals surface area contributed by atoms with E-state index in [0.717, 1.165) is 25.3 Å². The average molecular weight is 284 g/mol. The van der Waals surface area contributed by atoms with Gasteiger partial charge in [0.05, 0.1) is 17.8 Å². The summed E-state index contributed by atoms with van der Waals surface area (Å²) in [5.74, 6) is 0. The van der Waals surface area contributed by atoms with Gasteiger partial charge in [0.15, 0.2) is 0 Å². The molecule has 0 bridgehead atoms. The van der Waals surface area contributed by atoms with Gasteiger partial charge in [0, 0.05) is 18.5 Å². The number of nitrogens with one attached hydrogen (secondary N) is 1. The second kappa shape index (κ2) is 7.98. The van der Waals surface area contributed by atoms with E-state index in [1.807, 2.05) is 11.3 Å². The predicted octanol–water partition coefficient (Wildman–Crippen LogP) is 3.79. The quantitative estimate of drug-likeness (QED) is 0.701. The lowest BCUT2D eigenvalue weighted by atomic mass is 9.95. The van der Waals surface area contributed by atoms with Crippen LogP contribution in [0.3, 0.4) is 0 Å². The smallest absolute Gasteiger partial charge is 0.113 e. The Morgan fingerprint density at radius 2 is 2.05 bits per heavy atom. The molecular formula is C15H28N2OS. The Hall–Kier alpha value is -0.450. The van der Waals surface area contributed by atoms with Crippen LogP contribution in [0.4, 0.5) is 0 Å². The fourth-order valence-corrected chi connectivity index (χ4v) is 3.20. The van der Waals surface area contributed by atoms with E-state index in [4.69, 9.17) is 9.72 Å². The van der Waals surface area contributed by atoms with Crippen LogP contribution >= 0.6 is 11.3 Å². The Balaban J connectivity index is 2.77. The van der Waals surface area contributed by atoms with Crippen molar-refractivity contribution in [3.8, 4) is 0 Å². The van der Waals surface area contributed by atoms with Crippen LogP contribution in [0.5, 0.6) is 0 Å². The topological polar surface area (TPSA) is 34.1 Å². The molecule has 0 spiro atoms. The molecule has 3 nitrogen and oxygen atoms in total. The van der Waals surface area contributed by atoms with Crippen LogP contribution in [-0.2, 0) is 10.3 Å². The van der Waals surface area contributed by atoms with Gasteiger partial charge in [-0.05, 0) is 27.2 Å². The molecule has 0 aliphatic carbocycles. The van der Waals surface area contributed by atoms with E-state index in [9.17, 15) is 0 Å². The molecule has 0 aliphatic heterocycles. The van der Waals surface area contributed by atoms with Gasteiger partial charge in [-0.2, -0.15) is 0 Å². The van der Waals surface area contributed by atoms with Gasteiger partial charge in [-0.15, -0.1) is 11.3 Å². The van der Waals surface area contributed by atoms with Crippen molar-refractivity contribution in [3.63, 3.8) is 0 Å². The average Bonchev–Trinajstić information content (AvgIpc) is 2.71. The van der Waals surface area contributed by atoms with Crippen molar-refractivity contribution in [2.75, 3.05) is 20.3 Å². The standard InChI is InChI=1S/C15H28N2OS/c1-6-7-8-9-15(4,16-10-11-18-5)14-17-12(2)13(3)19-14/h16H,6-11H2,1-5H3. The number of hydrogen-bond acceptors (Lipinski definition) is 4. The zero-order valence-electron chi connectivity index (χ0n) is 13.0. The number of ether oxygens (including phenoxy) is 1. The van der Waals surface area contributed by atoms with Crippen molar-refractivity contribution in [2.45, 2.75) is 58.9 Å². The highest BCUT2D eigenvalue weighted by Crippen LogP contribution is 2.31. The van der Waals surface area contributed by atoms with E-state index in [1.54, 1.807) is 7.11 Å². The third-order valence-electron chi connectivity index (χ3n) is 3.60. The summed E-state index contributed by atoms with van der Waals surface area (Å²) >= 11 is 1.82. The van der Waals surface area contributed by atoms with Gasteiger partial charge < -0.3 is 10.1 Å². The second-order valence-corrected chi connectivity index (χ2v) is 6.57. The fraction of sp³-hybridized carbons (Fsp3) is 0.800. The number of rotatable bonds is 9. The normalized spacial score (nSPS) is 14.6. The summed E-state index contributed by atoms with van der Waals surface area (Å²) in [5, 5.41) is 4.85. The zero-order valence-corrected chi connectivity index (χ0v) is 13.8. The highest BCUT2D eigenvalue weighted by molar-refractivity contribution is 7.11. The van der Waals surface area contributed by atoms with E-state index in [-0.39, 0.29) is 5.54 Å². The first-order valence-electron chi connectivity index (χ1n) is 7.22. The lowest BCUT2D eigenvalue weighted by Gasteiger charge is -2.29. The van der Waals surface area contributed by atoms with Crippen molar-refractivity contribution >= 4 is 11.3 Å². The third kappa shape index (κ3) is 4.86. The van der Waals surface area contributed by atoms with Crippen molar-refractivity contribution in [2.24, 2.45) is 0 Å². The summed E-state index contributed by atoms with van der Waals surface area (Å²) in [5.41, 5.74) is 1.15. The molecule has 0 saturated heterocycles. The molecule has 0 aromatic carbocycles. The molecule has 110 valence electrons. The highest BCUT2D eigenvalue weighted by Gasteiger charge is 2.29. The maximum atomic E-state index is 5.15. The molecule has 1 heterocycles. The molecule has 4 heteroatoms. The molecule has 1 aromatic rings. The van der Waals surface area contributed by atoms with Crippen LogP contribution < -0.4 is 5.32 Å². The lowest BCUT2D eigenvalue weighted by Crippen LogP contribution is -2.41. The number of hydrogen-bond donors (Lipinski definition) is 1. The molecule has 1 rings (SSSR count). The van der Waals surface area contributed by atoms with Gasteiger partial charge in [0.25, 0.3) is 0 Å². The first-order valence-corrected chi connectivity index (χ1v) is 8.03. The Morgan fingerprint density at radius 3 is 2.58 bits per heavy atom. The first-order chi connectivity index (χ1) is 9.03. The third-order valence-corrected chi connectivity index (χ3v) is 4.94. The lowest BCUT2D eigenvalue weighted by molar-refractivity contribution is 0.183. The number of methoxy groups -OCH3 is 1. The summed E-state index contributed by atoms with van der Waals surface area (Å²) in [7, 11) is 1.74. The van der Waals surface area contributed by atoms with Gasteiger partial charge >= 0.3 is 0 Å². The zero-order chi connectivity index (χ0) is 14.3. The molecule has 0 saturated carbocycles. The largest absolute Gasteiger partial charge is 0.383 e. The summed E-state index contributed by atoms with van der Waals surface area (Å²) in [6, 6.07) is 0. The van der Waals surface area contributed by atoms with Crippen LogP contribution in [-0.4, -0.2) is 25.2 Å². The molecule has 0 radical (unpaired) electrons. The van der Waals surface area contributed by atoms with Crippen LogP contribution in [0, 0.1) is 13.8 Å². The minimum atomic E-state index is -0.0165. The minimum Gasteiger partial charge on any atom is -0.383 e. The number of aromatic nitrogens is 1.